The van der Waals surface area contributed by atoms with Crippen molar-refractivity contribution in [1.29, 1.82) is 0 Å². The fourth-order valence-electron chi connectivity index (χ4n) is 2.53. The van der Waals surface area contributed by atoms with Crippen molar-refractivity contribution in [2.45, 2.75) is 83.6 Å². The van der Waals surface area contributed by atoms with Crippen molar-refractivity contribution in [3.63, 3.8) is 0 Å². The lowest BCUT2D eigenvalue weighted by Gasteiger charge is -2.24. The maximum atomic E-state index is 11.6. The van der Waals surface area contributed by atoms with Gasteiger partial charge >= 0.3 is 12.0 Å². The SMILES string of the molecule is CCCCCCCC(=O)ON(O)C(=O)NC1CCCCC1. The predicted octanol–water partition coefficient (Wildman–Crippen LogP) is 3.54. The van der Waals surface area contributed by atoms with Gasteiger partial charge in [-0.05, 0) is 24.5 Å². The molecule has 1 fully saturated rings. The molecule has 0 aromatic heterocycles. The van der Waals surface area contributed by atoms with Gasteiger partial charge in [0.15, 0.2) is 0 Å². The molecule has 1 aliphatic rings. The molecule has 0 radical (unpaired) electrons. The summed E-state index contributed by atoms with van der Waals surface area (Å²) < 4.78 is 0. The standard InChI is InChI=1S/C15H28N2O4/c1-2-3-4-5-9-12-14(18)21-17(20)15(19)16-13-10-7-6-8-11-13/h13,20H,2-12H2,1H3,(H,16,19). The first-order valence-electron chi connectivity index (χ1n) is 8.13. The van der Waals surface area contributed by atoms with E-state index in [0.29, 0.717) is 0 Å². The molecule has 2 N–H and O–H groups in total. The third-order valence-electron chi connectivity index (χ3n) is 3.78. The molecule has 1 saturated carbocycles. The monoisotopic (exact) mass is 300 g/mol. The first-order chi connectivity index (χ1) is 10.1. The Kier molecular flexibility index (Phi) is 8.82. The molecule has 0 aromatic carbocycles. The zero-order chi connectivity index (χ0) is 15.5. The molecule has 6 heteroatoms. The van der Waals surface area contributed by atoms with E-state index in [4.69, 9.17) is 0 Å². The summed E-state index contributed by atoms with van der Waals surface area (Å²) in [4.78, 5) is 27.7. The lowest BCUT2D eigenvalue weighted by Crippen LogP contribution is -2.44. The Labute approximate surface area is 126 Å². The first kappa shape index (κ1) is 17.8. The van der Waals surface area contributed by atoms with Crippen LogP contribution in [-0.4, -0.2) is 28.5 Å². The lowest BCUT2D eigenvalue weighted by molar-refractivity contribution is -0.278. The van der Waals surface area contributed by atoms with E-state index < -0.39 is 12.0 Å². The molecule has 0 aromatic rings. The van der Waals surface area contributed by atoms with E-state index in [1.54, 1.807) is 0 Å². The van der Waals surface area contributed by atoms with Gasteiger partial charge in [-0.3, -0.25) is 5.21 Å². The molecule has 1 rings (SSSR count). The molecular weight excluding hydrogens is 272 g/mol. The molecule has 0 unspecified atom stereocenters. The molecule has 0 bridgehead atoms. The van der Waals surface area contributed by atoms with Gasteiger partial charge in [-0.2, -0.15) is 0 Å². The minimum absolute atomic E-state index is 0.0307. The summed E-state index contributed by atoms with van der Waals surface area (Å²) >= 11 is 0. The number of hydrogen-bond acceptors (Lipinski definition) is 4. The van der Waals surface area contributed by atoms with E-state index in [-0.39, 0.29) is 17.7 Å². The third kappa shape index (κ3) is 7.90. The van der Waals surface area contributed by atoms with Gasteiger partial charge < -0.3 is 10.2 Å². The van der Waals surface area contributed by atoms with Gasteiger partial charge in [-0.15, -0.1) is 0 Å². The number of nitrogens with one attached hydrogen (secondary N) is 1. The second kappa shape index (κ2) is 10.4. The molecule has 0 saturated heterocycles. The second-order valence-corrected chi connectivity index (χ2v) is 5.68. The van der Waals surface area contributed by atoms with Crippen LogP contribution in [0.1, 0.15) is 77.6 Å². The highest BCUT2D eigenvalue weighted by atomic mass is 16.9. The molecule has 122 valence electrons. The topological polar surface area (TPSA) is 78.9 Å². The first-order valence-corrected chi connectivity index (χ1v) is 8.13. The number of nitrogens with zero attached hydrogens (tertiary/aromatic N) is 1. The van der Waals surface area contributed by atoms with Crippen molar-refractivity contribution in [1.82, 2.24) is 10.5 Å². The number of carbonyl (C=O) groups excluding carboxylic acids is 2. The van der Waals surface area contributed by atoms with Gasteiger partial charge in [-0.1, -0.05) is 51.9 Å². The van der Waals surface area contributed by atoms with Crippen LogP contribution in [0.2, 0.25) is 0 Å². The van der Waals surface area contributed by atoms with Crippen LogP contribution in [0.5, 0.6) is 0 Å². The van der Waals surface area contributed by atoms with Gasteiger partial charge in [-0.25, -0.2) is 9.59 Å². The van der Waals surface area contributed by atoms with E-state index in [2.05, 4.69) is 17.1 Å². The second-order valence-electron chi connectivity index (χ2n) is 5.68. The Morgan fingerprint density at radius 2 is 1.81 bits per heavy atom. The van der Waals surface area contributed by atoms with Gasteiger partial charge in [0, 0.05) is 12.5 Å². The summed E-state index contributed by atoms with van der Waals surface area (Å²) in [7, 11) is 0. The normalized spacial score (nSPS) is 15.5. The van der Waals surface area contributed by atoms with Gasteiger partial charge in [0.1, 0.15) is 0 Å². The van der Waals surface area contributed by atoms with Gasteiger partial charge in [0.05, 0.1) is 0 Å². The van der Waals surface area contributed by atoms with E-state index in [9.17, 15) is 14.8 Å². The lowest BCUT2D eigenvalue weighted by atomic mass is 9.96. The van der Waals surface area contributed by atoms with E-state index in [1.165, 1.54) is 6.42 Å². The molecule has 6 nitrogen and oxygen atoms in total. The molecule has 0 aliphatic heterocycles. The third-order valence-corrected chi connectivity index (χ3v) is 3.78. The largest absolute Gasteiger partial charge is 0.376 e. The fourth-order valence-corrected chi connectivity index (χ4v) is 2.53. The molecule has 21 heavy (non-hydrogen) atoms. The number of unbranched alkanes of at least 4 members (excludes halogenated alkanes) is 4. The van der Waals surface area contributed by atoms with Crippen LogP contribution in [-0.2, 0) is 9.63 Å². The van der Waals surface area contributed by atoms with Gasteiger partial charge in [0.2, 0.25) is 0 Å². The van der Waals surface area contributed by atoms with Crippen LogP contribution in [0.25, 0.3) is 0 Å². The highest BCUT2D eigenvalue weighted by Gasteiger charge is 2.21. The zero-order valence-electron chi connectivity index (χ0n) is 13.0. The van der Waals surface area contributed by atoms with Crippen LogP contribution in [0.3, 0.4) is 0 Å². The Balaban J connectivity index is 2.13. The summed E-state index contributed by atoms with van der Waals surface area (Å²) in [5, 5.41) is 12.1. The van der Waals surface area contributed by atoms with Gasteiger partial charge in [0.25, 0.3) is 0 Å². The van der Waals surface area contributed by atoms with Crippen LogP contribution in [0, 0.1) is 0 Å². The van der Waals surface area contributed by atoms with Crippen molar-refractivity contribution >= 4 is 12.0 Å². The van der Waals surface area contributed by atoms with Crippen LogP contribution in [0.15, 0.2) is 0 Å². The van der Waals surface area contributed by atoms with E-state index >= 15 is 0 Å². The number of urea groups is 1. The predicted molar refractivity (Wildman–Crippen MR) is 78.5 cm³/mol. The van der Waals surface area contributed by atoms with E-state index in [0.717, 1.165) is 57.8 Å². The van der Waals surface area contributed by atoms with Crippen LogP contribution >= 0.6 is 0 Å². The molecule has 2 amide bonds. The highest BCUT2D eigenvalue weighted by Crippen LogP contribution is 2.17. The van der Waals surface area contributed by atoms with Crippen LogP contribution in [0.4, 0.5) is 4.79 Å². The van der Waals surface area contributed by atoms with Crippen molar-refractivity contribution in [2.75, 3.05) is 0 Å². The highest BCUT2D eigenvalue weighted by molar-refractivity contribution is 5.75. The smallest absolute Gasteiger partial charge is 0.331 e. The minimum Gasteiger partial charge on any atom is -0.331 e. The van der Waals surface area contributed by atoms with E-state index in [1.807, 2.05) is 0 Å². The van der Waals surface area contributed by atoms with Crippen molar-refractivity contribution in [3.8, 4) is 0 Å². The zero-order valence-corrected chi connectivity index (χ0v) is 13.0. The van der Waals surface area contributed by atoms with Crippen molar-refractivity contribution in [3.05, 3.63) is 0 Å². The minimum atomic E-state index is -0.763. The number of amides is 2. The Hall–Kier alpha value is -1.30. The molecule has 0 spiro atoms. The summed E-state index contributed by atoms with van der Waals surface area (Å²) in [6.07, 6.45) is 10.5. The fraction of sp³-hybridized carbons (Fsp3) is 0.867. The number of carbonyl (C=O) groups is 2. The molecule has 0 atom stereocenters. The Morgan fingerprint density at radius 1 is 1.14 bits per heavy atom. The molecule has 1 aliphatic carbocycles. The summed E-state index contributed by atoms with van der Waals surface area (Å²) in [5.74, 6) is -0.576. The Bertz CT molecular complexity index is 317. The Morgan fingerprint density at radius 3 is 2.48 bits per heavy atom. The maximum absolute atomic E-state index is 11.6. The molecule has 0 heterocycles. The van der Waals surface area contributed by atoms with Crippen LogP contribution < -0.4 is 5.32 Å². The molecular formula is C15H28N2O4. The summed E-state index contributed by atoms with van der Waals surface area (Å²) in [5.41, 5.74) is 0. The average Bonchev–Trinajstić information content (AvgIpc) is 2.48. The summed E-state index contributed by atoms with van der Waals surface area (Å²) in [6.45, 7) is 2.13. The quantitative estimate of drug-likeness (QED) is 0.428. The maximum Gasteiger partial charge on any atom is 0.376 e. The van der Waals surface area contributed by atoms with Crippen molar-refractivity contribution < 1.29 is 19.6 Å². The number of hydrogen-bond donors (Lipinski definition) is 2. The summed E-state index contributed by atoms with van der Waals surface area (Å²) in [6, 6.07) is -0.699. The average molecular weight is 300 g/mol. The number of rotatable bonds is 7. The number of hydroxylamine groups is 2. The van der Waals surface area contributed by atoms with Crippen molar-refractivity contribution in [2.24, 2.45) is 0 Å².